The average molecular weight is 766 g/mol. The van der Waals surface area contributed by atoms with Crippen molar-refractivity contribution in [2.75, 3.05) is 33.5 Å². The zero-order valence-electron chi connectivity index (χ0n) is 29.5. The van der Waals surface area contributed by atoms with Crippen LogP contribution in [0, 0.1) is 10.1 Å². The second kappa shape index (κ2) is 17.2. The molecule has 53 heavy (non-hydrogen) atoms. The predicted molar refractivity (Wildman–Crippen MR) is 196 cm³/mol. The number of non-ortho nitro benzene ring substituents is 1. The number of carbonyl (C=O) groups is 2. The Morgan fingerprint density at radius 1 is 0.981 bits per heavy atom. The highest BCUT2D eigenvalue weighted by Gasteiger charge is 2.34. The summed E-state index contributed by atoms with van der Waals surface area (Å²) in [5.41, 5.74) is 1.64. The van der Waals surface area contributed by atoms with Crippen molar-refractivity contribution in [2.45, 2.75) is 40.3 Å². The van der Waals surface area contributed by atoms with Gasteiger partial charge < -0.3 is 28.4 Å². The SMILES string of the molecule is CCOC(=O)C1=C(C)N=c2s/c(=C\c3cc(Cl)c(OCc4cccc([N+](=O)[O-])c4)c(OCC)c3)c(=O)n2[C@H]1c1ccc(OCC(=O)OC)c(OCC)c1. The van der Waals surface area contributed by atoms with Gasteiger partial charge in [0.2, 0.25) is 0 Å². The summed E-state index contributed by atoms with van der Waals surface area (Å²) in [4.78, 5) is 55.2. The van der Waals surface area contributed by atoms with Gasteiger partial charge in [-0.3, -0.25) is 19.5 Å². The molecule has 14 nitrogen and oxygen atoms in total. The maximum Gasteiger partial charge on any atom is 0.343 e. The number of rotatable bonds is 15. The van der Waals surface area contributed by atoms with E-state index in [1.54, 1.807) is 76.2 Å². The molecular weight excluding hydrogens is 730 g/mol. The van der Waals surface area contributed by atoms with Crippen LogP contribution in [0.1, 0.15) is 50.4 Å². The molecule has 0 saturated heterocycles. The van der Waals surface area contributed by atoms with Crippen LogP contribution in [0.2, 0.25) is 5.02 Å². The van der Waals surface area contributed by atoms with E-state index in [1.807, 2.05) is 0 Å². The number of methoxy groups -OCH3 is 1. The van der Waals surface area contributed by atoms with Crippen molar-refractivity contribution in [2.24, 2.45) is 4.99 Å². The van der Waals surface area contributed by atoms with Crippen molar-refractivity contribution in [1.82, 2.24) is 4.57 Å². The first-order chi connectivity index (χ1) is 25.5. The summed E-state index contributed by atoms with van der Waals surface area (Å²) in [6, 6.07) is 13.3. The second-order valence-corrected chi connectivity index (χ2v) is 12.7. The molecule has 1 atom stereocenters. The summed E-state index contributed by atoms with van der Waals surface area (Å²) in [6.07, 6.45) is 1.64. The fourth-order valence-electron chi connectivity index (χ4n) is 5.53. The summed E-state index contributed by atoms with van der Waals surface area (Å²) in [5.74, 6) is -0.112. The Morgan fingerprint density at radius 3 is 2.43 bits per heavy atom. The van der Waals surface area contributed by atoms with Gasteiger partial charge in [0.25, 0.3) is 11.2 Å². The van der Waals surface area contributed by atoms with Crippen molar-refractivity contribution in [3.63, 3.8) is 0 Å². The Bertz CT molecular complexity index is 2260. The molecule has 0 radical (unpaired) electrons. The van der Waals surface area contributed by atoms with Gasteiger partial charge in [0, 0.05) is 12.1 Å². The fraction of sp³-hybridized carbons (Fsp3) is 0.297. The lowest BCUT2D eigenvalue weighted by Gasteiger charge is -2.25. The number of allylic oxidation sites excluding steroid dienone is 1. The van der Waals surface area contributed by atoms with E-state index in [1.165, 1.54) is 23.8 Å². The van der Waals surface area contributed by atoms with Gasteiger partial charge in [0.15, 0.2) is 34.4 Å². The van der Waals surface area contributed by atoms with Gasteiger partial charge in [-0.2, -0.15) is 0 Å². The minimum Gasteiger partial charge on any atom is -0.490 e. The number of ether oxygens (including phenoxy) is 6. The van der Waals surface area contributed by atoms with Crippen LogP contribution in [0.5, 0.6) is 23.0 Å². The number of nitrogens with zero attached hydrogens (tertiary/aromatic N) is 3. The van der Waals surface area contributed by atoms with E-state index in [0.29, 0.717) is 43.2 Å². The highest BCUT2D eigenvalue weighted by Crippen LogP contribution is 2.39. The number of esters is 2. The molecule has 0 spiro atoms. The largest absolute Gasteiger partial charge is 0.490 e. The average Bonchev–Trinajstić information content (AvgIpc) is 3.43. The van der Waals surface area contributed by atoms with Crippen molar-refractivity contribution < 1.29 is 42.9 Å². The van der Waals surface area contributed by atoms with Gasteiger partial charge in [-0.25, -0.2) is 14.6 Å². The molecule has 5 rings (SSSR count). The zero-order chi connectivity index (χ0) is 38.2. The van der Waals surface area contributed by atoms with E-state index in [9.17, 15) is 24.5 Å². The number of carbonyl (C=O) groups excluding carboxylic acids is 2. The van der Waals surface area contributed by atoms with Crippen LogP contribution in [0.25, 0.3) is 6.08 Å². The fourth-order valence-corrected chi connectivity index (χ4v) is 6.85. The minimum atomic E-state index is -0.950. The molecule has 1 aromatic heterocycles. The third-order valence-electron chi connectivity index (χ3n) is 7.81. The number of thiazole rings is 1. The first-order valence-corrected chi connectivity index (χ1v) is 17.7. The number of hydrogen-bond acceptors (Lipinski definition) is 13. The molecule has 0 bridgehead atoms. The van der Waals surface area contributed by atoms with E-state index >= 15 is 0 Å². The second-order valence-electron chi connectivity index (χ2n) is 11.3. The Morgan fingerprint density at radius 2 is 1.74 bits per heavy atom. The molecule has 0 unspecified atom stereocenters. The lowest BCUT2D eigenvalue weighted by atomic mass is 9.95. The number of benzene rings is 3. The number of fused-ring (bicyclic) bond motifs is 1. The van der Waals surface area contributed by atoms with Gasteiger partial charge >= 0.3 is 11.9 Å². The number of nitro groups is 1. The van der Waals surface area contributed by atoms with E-state index in [2.05, 4.69) is 9.73 Å². The topological polar surface area (TPSA) is 167 Å². The standard InChI is InChI=1S/C37H36ClN3O11S/c1-6-48-28-18-24(12-13-27(28)51-20-31(42)47-5)33-32(36(44)50-8-3)21(4)39-37-40(33)35(43)30(53-37)17-23-15-26(38)34(29(16-23)49-7-2)52-19-22-10-9-11-25(14-22)41(45)46/h9-18,33H,6-8,19-20H2,1-5H3/b30-17-/t33-/m0/s1. The van der Waals surface area contributed by atoms with E-state index in [4.69, 9.17) is 35.3 Å². The Labute approximate surface area is 312 Å². The lowest BCUT2D eigenvalue weighted by molar-refractivity contribution is -0.384. The molecule has 2 heterocycles. The van der Waals surface area contributed by atoms with Crippen LogP contribution in [0.15, 0.2) is 75.7 Å². The van der Waals surface area contributed by atoms with E-state index in [-0.39, 0.29) is 60.8 Å². The molecule has 0 aliphatic carbocycles. The van der Waals surface area contributed by atoms with Gasteiger partial charge in [-0.15, -0.1) is 0 Å². The summed E-state index contributed by atoms with van der Waals surface area (Å²) >= 11 is 7.82. The number of aromatic nitrogens is 1. The Balaban J connectivity index is 1.58. The van der Waals surface area contributed by atoms with Crippen LogP contribution in [-0.4, -0.2) is 55.0 Å². The number of halogens is 1. The van der Waals surface area contributed by atoms with Crippen LogP contribution in [0.4, 0.5) is 5.69 Å². The molecule has 278 valence electrons. The highest BCUT2D eigenvalue weighted by atomic mass is 35.5. The minimum absolute atomic E-state index is 0.00896. The summed E-state index contributed by atoms with van der Waals surface area (Å²) in [7, 11) is 1.25. The molecule has 0 amide bonds. The molecule has 4 aromatic rings. The Kier molecular flexibility index (Phi) is 12.5. The molecule has 0 saturated carbocycles. The van der Waals surface area contributed by atoms with Gasteiger partial charge in [-0.1, -0.05) is 41.1 Å². The molecule has 16 heteroatoms. The van der Waals surface area contributed by atoms with Crippen LogP contribution in [-0.2, 0) is 25.7 Å². The Hall–Kier alpha value is -5.67. The highest BCUT2D eigenvalue weighted by molar-refractivity contribution is 7.07. The van der Waals surface area contributed by atoms with Crippen molar-refractivity contribution in [3.8, 4) is 23.0 Å². The van der Waals surface area contributed by atoms with Crippen LogP contribution < -0.4 is 33.8 Å². The molecule has 3 aromatic carbocycles. The normalized spacial score (nSPS) is 13.8. The zero-order valence-corrected chi connectivity index (χ0v) is 31.1. The summed E-state index contributed by atoms with van der Waals surface area (Å²) in [6.45, 7) is 7.23. The molecular formula is C37H36ClN3O11S. The number of hydrogen-bond donors (Lipinski definition) is 0. The lowest BCUT2D eigenvalue weighted by Crippen LogP contribution is -2.40. The predicted octanol–water partition coefficient (Wildman–Crippen LogP) is 5.29. The van der Waals surface area contributed by atoms with E-state index < -0.39 is 28.5 Å². The number of nitro benzene ring substituents is 1. The smallest absolute Gasteiger partial charge is 0.343 e. The maximum atomic E-state index is 14.3. The molecule has 1 aliphatic rings. The van der Waals surface area contributed by atoms with Crippen LogP contribution in [0.3, 0.4) is 0 Å². The van der Waals surface area contributed by atoms with Gasteiger partial charge in [0.05, 0.1) is 58.7 Å². The third kappa shape index (κ3) is 8.69. The van der Waals surface area contributed by atoms with E-state index in [0.717, 1.165) is 11.3 Å². The third-order valence-corrected chi connectivity index (χ3v) is 9.07. The molecule has 1 aliphatic heterocycles. The monoisotopic (exact) mass is 765 g/mol. The summed E-state index contributed by atoms with van der Waals surface area (Å²) < 4.78 is 35.1. The van der Waals surface area contributed by atoms with Crippen molar-refractivity contribution in [3.05, 3.63) is 117 Å². The van der Waals surface area contributed by atoms with Gasteiger partial charge in [-0.05, 0) is 74.7 Å². The van der Waals surface area contributed by atoms with Gasteiger partial charge in [0.1, 0.15) is 6.61 Å². The first kappa shape index (κ1) is 38.6. The van der Waals surface area contributed by atoms with Crippen LogP contribution >= 0.6 is 22.9 Å². The first-order valence-electron chi connectivity index (χ1n) is 16.5. The quantitative estimate of drug-likeness (QED) is 0.0877. The van der Waals surface area contributed by atoms with Crippen molar-refractivity contribution >= 4 is 46.6 Å². The summed E-state index contributed by atoms with van der Waals surface area (Å²) in [5, 5.41) is 11.4. The maximum absolute atomic E-state index is 14.3. The molecule has 0 N–H and O–H groups in total. The van der Waals surface area contributed by atoms with Crippen molar-refractivity contribution in [1.29, 1.82) is 0 Å². The molecule has 0 fully saturated rings.